The molecule has 1 heterocycles. The molecule has 2 aromatic rings. The molecule has 0 aliphatic carbocycles. The van der Waals surface area contributed by atoms with Crippen molar-refractivity contribution in [3.05, 3.63) is 46.3 Å². The second-order valence-electron chi connectivity index (χ2n) is 4.23. The van der Waals surface area contributed by atoms with Crippen molar-refractivity contribution in [3.63, 3.8) is 0 Å². The molecule has 1 aromatic heterocycles. The fourth-order valence-electron chi connectivity index (χ4n) is 1.82. The molecule has 0 aliphatic rings. The Labute approximate surface area is 124 Å². The van der Waals surface area contributed by atoms with Crippen molar-refractivity contribution >= 4 is 27.6 Å². The smallest absolute Gasteiger partial charge is 0.335 e. The number of hydrogen-bond donors (Lipinski definition) is 2. The van der Waals surface area contributed by atoms with Crippen molar-refractivity contribution in [1.29, 1.82) is 0 Å². The van der Waals surface area contributed by atoms with E-state index in [-0.39, 0.29) is 11.6 Å². The number of rotatable bonds is 5. The highest BCUT2D eigenvalue weighted by Gasteiger charge is 2.14. The fourth-order valence-corrected chi connectivity index (χ4v) is 2.14. The summed E-state index contributed by atoms with van der Waals surface area (Å²) in [6.45, 7) is 1.91. The predicted molar refractivity (Wildman–Crippen MR) is 78.4 cm³/mol. The van der Waals surface area contributed by atoms with Gasteiger partial charge >= 0.3 is 5.97 Å². The van der Waals surface area contributed by atoms with Gasteiger partial charge in [-0.2, -0.15) is 0 Å². The largest absolute Gasteiger partial charge is 0.495 e. The van der Waals surface area contributed by atoms with Crippen LogP contribution in [0.4, 0.5) is 5.69 Å². The number of nitrogens with one attached hydrogen (secondary N) is 1. The zero-order chi connectivity index (χ0) is 14.7. The second-order valence-corrected chi connectivity index (χ2v) is 5.01. The van der Waals surface area contributed by atoms with Crippen LogP contribution in [-0.4, -0.2) is 18.2 Å². The lowest BCUT2D eigenvalue weighted by Gasteiger charge is -2.16. The molecule has 106 valence electrons. The number of halogens is 1. The van der Waals surface area contributed by atoms with E-state index in [0.29, 0.717) is 16.1 Å². The monoisotopic (exact) mass is 339 g/mol. The van der Waals surface area contributed by atoms with Gasteiger partial charge in [-0.05, 0) is 53.2 Å². The number of anilines is 1. The molecule has 2 rings (SSSR count). The highest BCUT2D eigenvalue weighted by atomic mass is 79.9. The minimum Gasteiger partial charge on any atom is -0.495 e. The Morgan fingerprint density at radius 3 is 2.70 bits per heavy atom. The van der Waals surface area contributed by atoms with Gasteiger partial charge in [-0.15, -0.1) is 0 Å². The van der Waals surface area contributed by atoms with Crippen molar-refractivity contribution in [1.82, 2.24) is 0 Å². The number of carbonyl (C=O) groups is 1. The van der Waals surface area contributed by atoms with E-state index in [1.54, 1.807) is 12.1 Å². The molecule has 0 bridgehead atoms. The van der Waals surface area contributed by atoms with Crippen LogP contribution in [-0.2, 0) is 0 Å². The van der Waals surface area contributed by atoms with Crippen molar-refractivity contribution in [2.24, 2.45) is 0 Å². The molecule has 6 heteroatoms. The highest BCUT2D eigenvalue weighted by Crippen LogP contribution is 2.30. The summed E-state index contributed by atoms with van der Waals surface area (Å²) in [6, 6.07) is 8.18. The summed E-state index contributed by atoms with van der Waals surface area (Å²) >= 11 is 3.25. The van der Waals surface area contributed by atoms with Crippen LogP contribution in [0.1, 0.15) is 29.1 Å². The molecular weight excluding hydrogens is 326 g/mol. The molecule has 5 nitrogen and oxygen atoms in total. The SMILES string of the molecule is COc1ccc(C(=O)O)cc1NC(C)c1ccc(Br)o1. The van der Waals surface area contributed by atoms with Crippen molar-refractivity contribution < 1.29 is 19.1 Å². The quantitative estimate of drug-likeness (QED) is 0.863. The van der Waals surface area contributed by atoms with E-state index in [0.717, 1.165) is 5.76 Å². The molecule has 0 fully saturated rings. The van der Waals surface area contributed by atoms with Crippen LogP contribution >= 0.6 is 15.9 Å². The molecule has 0 aliphatic heterocycles. The van der Waals surface area contributed by atoms with E-state index in [1.807, 2.05) is 13.0 Å². The van der Waals surface area contributed by atoms with Crippen LogP contribution in [0.15, 0.2) is 39.4 Å². The molecule has 0 amide bonds. The highest BCUT2D eigenvalue weighted by molar-refractivity contribution is 9.10. The molecule has 1 atom stereocenters. The van der Waals surface area contributed by atoms with Gasteiger partial charge in [-0.3, -0.25) is 0 Å². The Morgan fingerprint density at radius 1 is 1.40 bits per heavy atom. The fraction of sp³-hybridized carbons (Fsp3) is 0.214. The Kier molecular flexibility index (Phi) is 4.34. The predicted octanol–water partition coefficient (Wildman–Crippen LogP) is 3.92. The van der Waals surface area contributed by atoms with Gasteiger partial charge in [0.05, 0.1) is 24.4 Å². The van der Waals surface area contributed by atoms with E-state index in [2.05, 4.69) is 21.2 Å². The third-order valence-electron chi connectivity index (χ3n) is 2.84. The van der Waals surface area contributed by atoms with E-state index in [4.69, 9.17) is 14.3 Å². The van der Waals surface area contributed by atoms with Crippen LogP contribution in [0.5, 0.6) is 5.75 Å². The minimum absolute atomic E-state index is 0.126. The summed E-state index contributed by atoms with van der Waals surface area (Å²) in [7, 11) is 1.54. The van der Waals surface area contributed by atoms with Gasteiger partial charge in [-0.1, -0.05) is 0 Å². The molecule has 0 radical (unpaired) electrons. The Hall–Kier alpha value is -1.95. The molecule has 2 N–H and O–H groups in total. The van der Waals surface area contributed by atoms with E-state index in [1.165, 1.54) is 19.2 Å². The Bertz CT molecular complexity index is 623. The van der Waals surface area contributed by atoms with Crippen LogP contribution in [0, 0.1) is 0 Å². The van der Waals surface area contributed by atoms with E-state index in [9.17, 15) is 4.79 Å². The molecule has 0 saturated heterocycles. The van der Waals surface area contributed by atoms with Crippen LogP contribution in [0.25, 0.3) is 0 Å². The zero-order valence-corrected chi connectivity index (χ0v) is 12.6. The van der Waals surface area contributed by atoms with Crippen LogP contribution < -0.4 is 10.1 Å². The maximum absolute atomic E-state index is 11.0. The zero-order valence-electron chi connectivity index (χ0n) is 11.0. The normalized spacial score (nSPS) is 11.9. The lowest BCUT2D eigenvalue weighted by atomic mass is 10.1. The van der Waals surface area contributed by atoms with Crippen molar-refractivity contribution in [3.8, 4) is 5.75 Å². The summed E-state index contributed by atoms with van der Waals surface area (Å²) in [5.41, 5.74) is 0.800. The summed E-state index contributed by atoms with van der Waals surface area (Å²) in [5.74, 6) is 0.330. The van der Waals surface area contributed by atoms with Crippen molar-refractivity contribution in [2.45, 2.75) is 13.0 Å². The first-order valence-electron chi connectivity index (χ1n) is 5.94. The molecule has 20 heavy (non-hydrogen) atoms. The summed E-state index contributed by atoms with van der Waals surface area (Å²) in [4.78, 5) is 11.0. The first kappa shape index (κ1) is 14.5. The average Bonchev–Trinajstić information content (AvgIpc) is 2.85. The lowest BCUT2D eigenvalue weighted by Crippen LogP contribution is -2.08. The second kappa shape index (κ2) is 6.00. The number of ether oxygens (including phenoxy) is 1. The third kappa shape index (κ3) is 3.14. The number of hydrogen-bond acceptors (Lipinski definition) is 4. The standard InChI is InChI=1S/C14H14BrNO4/c1-8(11-5-6-13(15)20-11)16-10-7-9(14(17)18)3-4-12(10)19-2/h3-8,16H,1-2H3,(H,17,18). The number of benzene rings is 1. The number of methoxy groups -OCH3 is 1. The van der Waals surface area contributed by atoms with Gasteiger partial charge < -0.3 is 19.6 Å². The molecule has 1 unspecified atom stereocenters. The van der Waals surface area contributed by atoms with Crippen molar-refractivity contribution in [2.75, 3.05) is 12.4 Å². The lowest BCUT2D eigenvalue weighted by molar-refractivity contribution is 0.0697. The van der Waals surface area contributed by atoms with Gasteiger partial charge in [0.2, 0.25) is 0 Å². The first-order chi connectivity index (χ1) is 9.51. The number of carboxylic acids is 1. The van der Waals surface area contributed by atoms with Gasteiger partial charge in [0.1, 0.15) is 11.5 Å². The van der Waals surface area contributed by atoms with E-state index < -0.39 is 5.97 Å². The summed E-state index contributed by atoms with van der Waals surface area (Å²) in [6.07, 6.45) is 0. The average molecular weight is 340 g/mol. The van der Waals surface area contributed by atoms with Crippen LogP contribution in [0.3, 0.4) is 0 Å². The van der Waals surface area contributed by atoms with Gasteiger partial charge in [-0.25, -0.2) is 4.79 Å². The maximum atomic E-state index is 11.0. The number of carboxylic acid groups (broad SMARTS) is 1. The van der Waals surface area contributed by atoms with Gasteiger partial charge in [0.15, 0.2) is 4.67 Å². The molecular formula is C14H14BrNO4. The topological polar surface area (TPSA) is 71.7 Å². The minimum atomic E-state index is -0.982. The Balaban J connectivity index is 2.27. The van der Waals surface area contributed by atoms with Gasteiger partial charge in [0.25, 0.3) is 0 Å². The molecule has 0 saturated carbocycles. The third-order valence-corrected chi connectivity index (χ3v) is 3.27. The number of furan rings is 1. The molecule has 0 spiro atoms. The summed E-state index contributed by atoms with van der Waals surface area (Å²) in [5, 5.41) is 12.2. The molecule has 1 aromatic carbocycles. The van der Waals surface area contributed by atoms with Crippen LogP contribution in [0.2, 0.25) is 0 Å². The summed E-state index contributed by atoms with van der Waals surface area (Å²) < 4.78 is 11.3. The van der Waals surface area contributed by atoms with E-state index >= 15 is 0 Å². The Morgan fingerprint density at radius 2 is 2.15 bits per heavy atom. The first-order valence-corrected chi connectivity index (χ1v) is 6.73. The van der Waals surface area contributed by atoms with Gasteiger partial charge in [0, 0.05) is 0 Å². The maximum Gasteiger partial charge on any atom is 0.335 e. The number of aromatic carboxylic acids is 1.